The third-order valence-electron chi connectivity index (χ3n) is 6.05. The van der Waals surface area contributed by atoms with E-state index in [4.69, 9.17) is 9.62 Å². The lowest BCUT2D eigenvalue weighted by Crippen LogP contribution is -2.49. The molecule has 2 N–H and O–H groups in total. The van der Waals surface area contributed by atoms with E-state index in [9.17, 15) is 14.7 Å². The van der Waals surface area contributed by atoms with Crippen molar-refractivity contribution in [2.45, 2.75) is 32.6 Å². The summed E-state index contributed by atoms with van der Waals surface area (Å²) in [5.74, 6) is -0.354. The van der Waals surface area contributed by atoms with Crippen LogP contribution >= 0.6 is 0 Å². The number of aromatic hydroxyl groups is 1. The molecule has 0 spiro atoms. The van der Waals surface area contributed by atoms with Crippen molar-refractivity contribution in [2.75, 3.05) is 33.2 Å². The quantitative estimate of drug-likeness (QED) is 0.156. The van der Waals surface area contributed by atoms with E-state index in [-0.39, 0.29) is 18.3 Å². The van der Waals surface area contributed by atoms with Gasteiger partial charge in [-0.25, -0.2) is 14.6 Å². The minimum Gasteiger partial charge on any atom is -0.506 e. The first kappa shape index (κ1) is 28.6. The molecule has 0 saturated carbocycles. The highest BCUT2D eigenvalue weighted by Gasteiger charge is 2.34. The van der Waals surface area contributed by atoms with Gasteiger partial charge >= 0.3 is 6.09 Å². The zero-order valence-corrected chi connectivity index (χ0v) is 22.4. The molecule has 0 atom stereocenters. The molecule has 0 radical (unpaired) electrons. The maximum Gasteiger partial charge on any atom is 0.411 e. The van der Waals surface area contributed by atoms with Crippen LogP contribution in [0.25, 0.3) is 0 Å². The van der Waals surface area contributed by atoms with Gasteiger partial charge in [-0.05, 0) is 68.9 Å². The normalized spacial score (nSPS) is 11.3. The lowest BCUT2D eigenvalue weighted by molar-refractivity contribution is -0.282. The Morgan fingerprint density at radius 1 is 0.895 bits per heavy atom. The number of amides is 2. The van der Waals surface area contributed by atoms with Crippen LogP contribution in [-0.4, -0.2) is 54.8 Å². The third kappa shape index (κ3) is 7.55. The molecule has 0 bridgehead atoms. The summed E-state index contributed by atoms with van der Waals surface area (Å²) >= 11 is 0. The fourth-order valence-electron chi connectivity index (χ4n) is 3.79. The van der Waals surface area contributed by atoms with Crippen LogP contribution in [0.1, 0.15) is 40.9 Å². The molecular weight excluding hydrogens is 486 g/mol. The van der Waals surface area contributed by atoms with Crippen LogP contribution in [0.5, 0.6) is 5.75 Å². The Balaban J connectivity index is 1.70. The first-order chi connectivity index (χ1) is 18.1. The lowest BCUT2D eigenvalue weighted by atomic mass is 9.91. The number of hydrogen-bond acceptors (Lipinski definition) is 7. The summed E-state index contributed by atoms with van der Waals surface area (Å²) in [4.78, 5) is 39.0. The van der Waals surface area contributed by atoms with E-state index in [0.29, 0.717) is 24.5 Å². The molecule has 2 amide bonds. The molecular formula is C29H35N3O6. The van der Waals surface area contributed by atoms with Crippen molar-refractivity contribution < 1.29 is 29.2 Å². The summed E-state index contributed by atoms with van der Waals surface area (Å²) in [7, 11) is 5.21. The number of ether oxygens (including phenoxy) is 1. The van der Waals surface area contributed by atoms with Gasteiger partial charge < -0.3 is 15.2 Å². The standard InChI is InChI=1S/C29H35N3O6/c1-29(2,24-16-14-23(15-17-24)27(34)30-25-8-6-7-9-26(25)33)32(20-31(3)4)28(35)37-18-21-10-12-22(13-11-21)19-38-36-5/h6-17,33H,18-20H2,1-5H3,(H,30,34). The lowest BCUT2D eigenvalue weighted by Gasteiger charge is -2.39. The molecule has 0 aliphatic rings. The highest BCUT2D eigenvalue weighted by atomic mass is 17.2. The van der Waals surface area contributed by atoms with Gasteiger partial charge in [-0.15, -0.1) is 0 Å². The van der Waals surface area contributed by atoms with Crippen molar-refractivity contribution in [2.24, 2.45) is 0 Å². The van der Waals surface area contributed by atoms with E-state index in [0.717, 1.165) is 16.7 Å². The van der Waals surface area contributed by atoms with Crippen molar-refractivity contribution in [3.8, 4) is 5.75 Å². The average Bonchev–Trinajstić information content (AvgIpc) is 2.91. The third-order valence-corrected chi connectivity index (χ3v) is 6.05. The fraction of sp³-hybridized carbons (Fsp3) is 0.310. The predicted molar refractivity (Wildman–Crippen MR) is 144 cm³/mol. The number of nitrogens with one attached hydrogen (secondary N) is 1. The molecule has 9 nitrogen and oxygen atoms in total. The maximum absolute atomic E-state index is 13.2. The fourth-order valence-corrected chi connectivity index (χ4v) is 3.79. The van der Waals surface area contributed by atoms with Gasteiger partial charge in [-0.2, -0.15) is 0 Å². The Morgan fingerprint density at radius 3 is 2.08 bits per heavy atom. The van der Waals surface area contributed by atoms with Gasteiger partial charge in [0.05, 0.1) is 25.0 Å². The Kier molecular flexibility index (Phi) is 9.84. The summed E-state index contributed by atoms with van der Waals surface area (Å²) in [5.41, 5.74) is 2.64. The summed E-state index contributed by atoms with van der Waals surface area (Å²) < 4.78 is 5.68. The first-order valence-electron chi connectivity index (χ1n) is 12.1. The van der Waals surface area contributed by atoms with Gasteiger partial charge in [0.25, 0.3) is 5.91 Å². The largest absolute Gasteiger partial charge is 0.506 e. The molecule has 0 aromatic heterocycles. The number of nitrogens with zero attached hydrogens (tertiary/aromatic N) is 2. The molecule has 0 heterocycles. The van der Waals surface area contributed by atoms with E-state index in [2.05, 4.69) is 10.2 Å². The molecule has 3 aromatic carbocycles. The number of phenolic OH excluding ortho intramolecular Hbond substituents is 1. The molecule has 0 saturated heterocycles. The van der Waals surface area contributed by atoms with Crippen molar-refractivity contribution in [1.82, 2.24) is 9.80 Å². The van der Waals surface area contributed by atoms with E-state index < -0.39 is 11.6 Å². The predicted octanol–water partition coefficient (Wildman–Crippen LogP) is 5.12. The number of anilines is 1. The van der Waals surface area contributed by atoms with Gasteiger partial charge in [0.1, 0.15) is 19.0 Å². The van der Waals surface area contributed by atoms with Crippen molar-refractivity contribution in [1.29, 1.82) is 0 Å². The number of hydrogen-bond donors (Lipinski definition) is 2. The van der Waals surface area contributed by atoms with Crippen LogP contribution in [-0.2, 0) is 33.3 Å². The Labute approximate surface area is 223 Å². The van der Waals surface area contributed by atoms with Gasteiger partial charge in [-0.3, -0.25) is 14.6 Å². The number of carbonyl (C=O) groups excluding carboxylic acids is 2. The van der Waals surface area contributed by atoms with Crippen LogP contribution in [0.3, 0.4) is 0 Å². The number of benzene rings is 3. The van der Waals surface area contributed by atoms with Gasteiger partial charge in [-0.1, -0.05) is 48.5 Å². The van der Waals surface area contributed by atoms with E-state index in [1.807, 2.05) is 69.2 Å². The second kappa shape index (κ2) is 13.0. The van der Waals surface area contributed by atoms with E-state index in [1.54, 1.807) is 35.2 Å². The number of rotatable bonds is 11. The molecule has 3 aromatic rings. The Hall–Kier alpha value is -3.92. The first-order valence-corrected chi connectivity index (χ1v) is 12.1. The highest BCUT2D eigenvalue weighted by molar-refractivity contribution is 6.05. The van der Waals surface area contributed by atoms with Gasteiger partial charge in [0.2, 0.25) is 0 Å². The zero-order chi connectivity index (χ0) is 27.7. The number of carbonyl (C=O) groups is 2. The van der Waals surface area contributed by atoms with Crippen molar-refractivity contribution >= 4 is 17.7 Å². The van der Waals surface area contributed by atoms with Crippen LogP contribution in [0.2, 0.25) is 0 Å². The zero-order valence-electron chi connectivity index (χ0n) is 22.4. The molecule has 9 heteroatoms. The van der Waals surface area contributed by atoms with E-state index in [1.165, 1.54) is 13.2 Å². The van der Waals surface area contributed by atoms with Crippen LogP contribution in [0.4, 0.5) is 10.5 Å². The maximum atomic E-state index is 13.2. The summed E-state index contributed by atoms with van der Waals surface area (Å²) in [6.45, 7) is 4.64. The molecule has 0 aliphatic heterocycles. The number of phenols is 1. The molecule has 0 fully saturated rings. The van der Waals surface area contributed by atoms with Crippen LogP contribution in [0, 0.1) is 0 Å². The molecule has 38 heavy (non-hydrogen) atoms. The van der Waals surface area contributed by atoms with Crippen LogP contribution in [0.15, 0.2) is 72.8 Å². The summed E-state index contributed by atoms with van der Waals surface area (Å²) in [6, 6.07) is 21.1. The van der Waals surface area contributed by atoms with Gasteiger partial charge in [0, 0.05) is 5.56 Å². The number of para-hydroxylation sites is 2. The minimum absolute atomic E-state index is 0.00695. The molecule has 0 aliphatic carbocycles. The van der Waals surface area contributed by atoms with Crippen molar-refractivity contribution in [3.63, 3.8) is 0 Å². The second-order valence-electron chi connectivity index (χ2n) is 9.56. The molecule has 3 rings (SSSR count). The Morgan fingerprint density at radius 2 is 1.50 bits per heavy atom. The average molecular weight is 522 g/mol. The molecule has 202 valence electrons. The summed E-state index contributed by atoms with van der Waals surface area (Å²) in [5, 5.41) is 12.6. The molecule has 0 unspecified atom stereocenters. The SMILES string of the molecule is COOCc1ccc(COC(=O)N(CN(C)C)C(C)(C)c2ccc(C(=O)Nc3ccccc3O)cc2)cc1. The monoisotopic (exact) mass is 521 g/mol. The highest BCUT2D eigenvalue weighted by Crippen LogP contribution is 2.30. The van der Waals surface area contributed by atoms with E-state index >= 15 is 0 Å². The van der Waals surface area contributed by atoms with Crippen LogP contribution < -0.4 is 5.32 Å². The smallest absolute Gasteiger partial charge is 0.411 e. The Bertz CT molecular complexity index is 1210. The second-order valence-corrected chi connectivity index (χ2v) is 9.56. The van der Waals surface area contributed by atoms with Gasteiger partial charge in [0.15, 0.2) is 0 Å². The minimum atomic E-state index is -0.741. The summed E-state index contributed by atoms with van der Waals surface area (Å²) in [6.07, 6.45) is -0.461. The van der Waals surface area contributed by atoms with Crippen molar-refractivity contribution in [3.05, 3.63) is 95.1 Å². The topological polar surface area (TPSA) is 101 Å².